The Morgan fingerprint density at radius 3 is 2.61 bits per heavy atom. The summed E-state index contributed by atoms with van der Waals surface area (Å²) in [5, 5.41) is 3.30. The van der Waals surface area contributed by atoms with Crippen LogP contribution < -0.4 is 10.1 Å². The molecular weight excluding hydrogens is 306 g/mol. The Kier molecular flexibility index (Phi) is 4.18. The number of fused-ring (bicyclic) bond motifs is 1. The van der Waals surface area contributed by atoms with Gasteiger partial charge >= 0.3 is 0 Å². The second-order valence-electron chi connectivity index (χ2n) is 5.86. The topological polar surface area (TPSA) is 38.3 Å². The van der Waals surface area contributed by atoms with Gasteiger partial charge in [0, 0.05) is 22.1 Å². The van der Waals surface area contributed by atoms with Crippen molar-refractivity contribution in [2.24, 2.45) is 0 Å². The largest absolute Gasteiger partial charge is 0.468 e. The summed E-state index contributed by atoms with van der Waals surface area (Å²) in [5.41, 5.74) is 1.86. The lowest BCUT2D eigenvalue weighted by Gasteiger charge is -2.36. The highest BCUT2D eigenvalue weighted by Gasteiger charge is 2.29. The van der Waals surface area contributed by atoms with Crippen molar-refractivity contribution in [3.8, 4) is 5.75 Å². The van der Waals surface area contributed by atoms with E-state index in [-0.39, 0.29) is 5.78 Å². The fourth-order valence-electron chi connectivity index (χ4n) is 2.64. The average Bonchev–Trinajstić information content (AvgIpc) is 2.53. The number of carbonyl (C=O) groups excluding carboxylic acids is 1. The Morgan fingerprint density at radius 1 is 1.13 bits per heavy atom. The standard InChI is InChI=1S/C19H19NO2S/c1-19(2)20-15(13-8-4-6-10-17(13)22-19)12-16(21)14-9-5-7-11-18(14)23-3/h4-12,20H,1-3H3/b15-12+. The number of benzene rings is 2. The predicted molar refractivity (Wildman–Crippen MR) is 94.8 cm³/mol. The van der Waals surface area contributed by atoms with Gasteiger partial charge in [-0.25, -0.2) is 0 Å². The fourth-order valence-corrected chi connectivity index (χ4v) is 3.24. The molecule has 118 valence electrons. The molecule has 2 aromatic carbocycles. The molecule has 0 saturated heterocycles. The number of hydrogen-bond donors (Lipinski definition) is 1. The first-order chi connectivity index (χ1) is 11.0. The fraction of sp³-hybridized carbons (Fsp3) is 0.211. The van der Waals surface area contributed by atoms with Gasteiger partial charge in [-0.3, -0.25) is 4.79 Å². The van der Waals surface area contributed by atoms with Crippen LogP contribution >= 0.6 is 11.8 Å². The summed E-state index contributed by atoms with van der Waals surface area (Å²) in [6.45, 7) is 3.88. The van der Waals surface area contributed by atoms with Crippen LogP contribution in [0.25, 0.3) is 5.70 Å². The van der Waals surface area contributed by atoms with Crippen molar-refractivity contribution in [2.45, 2.75) is 24.5 Å². The number of carbonyl (C=O) groups is 1. The summed E-state index contributed by atoms with van der Waals surface area (Å²) in [6, 6.07) is 15.4. The van der Waals surface area contributed by atoms with Gasteiger partial charge < -0.3 is 10.1 Å². The molecule has 0 unspecified atom stereocenters. The number of rotatable bonds is 3. The van der Waals surface area contributed by atoms with Gasteiger partial charge in [-0.15, -0.1) is 11.8 Å². The van der Waals surface area contributed by atoms with E-state index in [4.69, 9.17) is 4.74 Å². The van der Waals surface area contributed by atoms with Crippen LogP contribution in [0.3, 0.4) is 0 Å². The third kappa shape index (κ3) is 3.27. The first-order valence-electron chi connectivity index (χ1n) is 7.46. The number of para-hydroxylation sites is 1. The highest BCUT2D eigenvalue weighted by molar-refractivity contribution is 7.98. The monoisotopic (exact) mass is 325 g/mol. The number of allylic oxidation sites excluding steroid dienone is 1. The Hall–Kier alpha value is -2.20. The predicted octanol–water partition coefficient (Wildman–Crippen LogP) is 4.35. The van der Waals surface area contributed by atoms with E-state index in [1.807, 2.05) is 68.6 Å². The minimum Gasteiger partial charge on any atom is -0.468 e. The van der Waals surface area contributed by atoms with Crippen LogP contribution in [-0.2, 0) is 0 Å². The van der Waals surface area contributed by atoms with Crippen molar-refractivity contribution in [1.29, 1.82) is 0 Å². The van der Waals surface area contributed by atoms with E-state index in [2.05, 4.69) is 5.32 Å². The van der Waals surface area contributed by atoms with Gasteiger partial charge in [0.25, 0.3) is 0 Å². The quantitative estimate of drug-likeness (QED) is 0.517. The molecule has 0 atom stereocenters. The van der Waals surface area contributed by atoms with Crippen molar-refractivity contribution in [3.05, 3.63) is 65.7 Å². The first-order valence-corrected chi connectivity index (χ1v) is 8.68. The van der Waals surface area contributed by atoms with Crippen LogP contribution in [0.4, 0.5) is 0 Å². The summed E-state index contributed by atoms with van der Waals surface area (Å²) in [5.74, 6) is 0.776. The van der Waals surface area contributed by atoms with Crippen molar-refractivity contribution < 1.29 is 9.53 Å². The molecule has 0 spiro atoms. The highest BCUT2D eigenvalue weighted by Crippen LogP contribution is 2.33. The Bertz CT molecular complexity index is 780. The normalized spacial score (nSPS) is 17.1. The molecule has 0 fully saturated rings. The molecule has 1 N–H and O–H groups in total. The zero-order valence-electron chi connectivity index (χ0n) is 13.4. The van der Waals surface area contributed by atoms with E-state index >= 15 is 0 Å². The molecule has 1 heterocycles. The summed E-state index contributed by atoms with van der Waals surface area (Å²) < 4.78 is 5.91. The Balaban J connectivity index is 2.03. The van der Waals surface area contributed by atoms with Crippen molar-refractivity contribution in [2.75, 3.05) is 6.26 Å². The van der Waals surface area contributed by atoms with Crippen molar-refractivity contribution >= 4 is 23.2 Å². The van der Waals surface area contributed by atoms with E-state index < -0.39 is 5.72 Å². The van der Waals surface area contributed by atoms with E-state index in [1.54, 1.807) is 17.8 Å². The second-order valence-corrected chi connectivity index (χ2v) is 6.70. The number of ketones is 1. The molecule has 2 aromatic rings. The molecule has 0 aliphatic carbocycles. The summed E-state index contributed by atoms with van der Waals surface area (Å²) in [7, 11) is 0. The number of ether oxygens (including phenoxy) is 1. The molecule has 3 rings (SSSR count). The Morgan fingerprint density at radius 2 is 1.83 bits per heavy atom. The molecule has 3 nitrogen and oxygen atoms in total. The highest BCUT2D eigenvalue weighted by atomic mass is 32.2. The summed E-state index contributed by atoms with van der Waals surface area (Å²) >= 11 is 1.58. The molecule has 4 heteroatoms. The molecule has 0 amide bonds. The number of nitrogens with one attached hydrogen (secondary N) is 1. The van der Waals surface area contributed by atoms with Gasteiger partial charge in [0.05, 0.1) is 5.70 Å². The van der Waals surface area contributed by atoms with Gasteiger partial charge in [0.15, 0.2) is 11.5 Å². The van der Waals surface area contributed by atoms with E-state index in [0.717, 1.165) is 27.5 Å². The van der Waals surface area contributed by atoms with Gasteiger partial charge in [0.1, 0.15) is 5.75 Å². The lowest BCUT2D eigenvalue weighted by Crippen LogP contribution is -2.46. The minimum atomic E-state index is -0.556. The first kappa shape index (κ1) is 15.7. The van der Waals surface area contributed by atoms with Crippen molar-refractivity contribution in [3.63, 3.8) is 0 Å². The van der Waals surface area contributed by atoms with Crippen LogP contribution in [0.15, 0.2) is 59.5 Å². The third-order valence-electron chi connectivity index (χ3n) is 3.63. The molecule has 1 aliphatic rings. The minimum absolute atomic E-state index is 0.00930. The van der Waals surface area contributed by atoms with E-state index in [1.165, 1.54) is 0 Å². The van der Waals surface area contributed by atoms with Gasteiger partial charge in [0.2, 0.25) is 0 Å². The number of thioether (sulfide) groups is 1. The second kappa shape index (κ2) is 6.13. The molecule has 0 saturated carbocycles. The third-order valence-corrected chi connectivity index (χ3v) is 4.42. The zero-order valence-corrected chi connectivity index (χ0v) is 14.2. The van der Waals surface area contributed by atoms with Gasteiger partial charge in [-0.2, -0.15) is 0 Å². The molecule has 0 radical (unpaired) electrons. The summed E-state index contributed by atoms with van der Waals surface area (Å²) in [4.78, 5) is 13.7. The SMILES string of the molecule is CSc1ccccc1C(=O)/C=C1/NC(C)(C)Oc2ccccc21. The maximum Gasteiger partial charge on any atom is 0.189 e. The van der Waals surface area contributed by atoms with Crippen LogP contribution in [0.5, 0.6) is 5.75 Å². The van der Waals surface area contributed by atoms with E-state index in [0.29, 0.717) is 0 Å². The lowest BCUT2D eigenvalue weighted by atomic mass is 10.0. The van der Waals surface area contributed by atoms with E-state index in [9.17, 15) is 4.79 Å². The molecular formula is C19H19NO2S. The van der Waals surface area contributed by atoms with Gasteiger partial charge in [-0.05, 0) is 44.4 Å². The number of hydrogen-bond acceptors (Lipinski definition) is 4. The van der Waals surface area contributed by atoms with Crippen molar-refractivity contribution in [1.82, 2.24) is 5.32 Å². The molecule has 23 heavy (non-hydrogen) atoms. The maximum absolute atomic E-state index is 12.7. The lowest BCUT2D eigenvalue weighted by molar-refractivity contribution is 0.0816. The van der Waals surface area contributed by atoms with Gasteiger partial charge in [-0.1, -0.05) is 24.3 Å². The molecule has 0 bridgehead atoms. The van der Waals surface area contributed by atoms with Crippen LogP contribution in [0.2, 0.25) is 0 Å². The molecule has 1 aliphatic heterocycles. The smallest absolute Gasteiger partial charge is 0.189 e. The van der Waals surface area contributed by atoms with Crippen LogP contribution in [0, 0.1) is 0 Å². The van der Waals surface area contributed by atoms with Crippen LogP contribution in [-0.4, -0.2) is 17.8 Å². The van der Waals surface area contributed by atoms with Crippen LogP contribution in [0.1, 0.15) is 29.8 Å². The zero-order chi connectivity index (χ0) is 16.4. The maximum atomic E-state index is 12.7. The molecule has 0 aromatic heterocycles. The summed E-state index contributed by atoms with van der Waals surface area (Å²) in [6.07, 6.45) is 3.64. The average molecular weight is 325 g/mol. The Labute approximate surface area is 140 Å².